The maximum Gasteiger partial charge on any atom is 0.0226 e. The molecule has 1 heterocycles. The van der Waals surface area contributed by atoms with Crippen molar-refractivity contribution in [1.29, 1.82) is 0 Å². The molecule has 1 aliphatic heterocycles. The summed E-state index contributed by atoms with van der Waals surface area (Å²) in [4.78, 5) is 2.28. The first kappa shape index (κ1) is 13.5. The third-order valence-corrected chi connectivity index (χ3v) is 1.76. The highest BCUT2D eigenvalue weighted by Gasteiger charge is 2.14. The van der Waals surface area contributed by atoms with Crippen LogP contribution in [0.1, 0.15) is 27.7 Å². The number of nitrogens with one attached hydrogen (secondary N) is 1. The minimum absolute atomic E-state index is 0. The molecule has 11 heavy (non-hydrogen) atoms. The van der Waals surface area contributed by atoms with Crippen molar-refractivity contribution in [2.24, 2.45) is 0 Å². The van der Waals surface area contributed by atoms with E-state index in [1.165, 1.54) is 19.5 Å². The Labute approximate surface area is 72.0 Å². The Bertz CT molecular complexity index is 66.0. The van der Waals surface area contributed by atoms with Gasteiger partial charge in [0.15, 0.2) is 0 Å². The first-order valence-electron chi connectivity index (χ1n) is 4.18. The lowest BCUT2D eigenvalue weighted by atomic mass is 10.2. The maximum absolute atomic E-state index is 3.31. The molecule has 1 N–H and O–H groups in total. The van der Waals surface area contributed by atoms with Gasteiger partial charge in [-0.25, -0.2) is 0 Å². The van der Waals surface area contributed by atoms with Gasteiger partial charge < -0.3 is 10.2 Å². The standard InChI is InChI=1S/C6H14N2.C2H6.CH4/c1-8(2)6-3-4-7-5-6;1-2;/h6-7H,3-5H2,1-2H3;1-2H3;1H4. The fraction of sp³-hybridized carbons (Fsp3) is 1.00. The van der Waals surface area contributed by atoms with Gasteiger partial charge in [0.2, 0.25) is 0 Å². The van der Waals surface area contributed by atoms with Crippen LogP contribution in [-0.4, -0.2) is 38.1 Å². The first-order valence-corrected chi connectivity index (χ1v) is 4.18. The maximum atomic E-state index is 3.31. The van der Waals surface area contributed by atoms with Gasteiger partial charge in [-0.2, -0.15) is 0 Å². The lowest BCUT2D eigenvalue weighted by molar-refractivity contribution is 0.313. The lowest BCUT2D eigenvalue weighted by Crippen LogP contribution is -2.29. The molecular formula is C9H24N2. The summed E-state index contributed by atoms with van der Waals surface area (Å²) >= 11 is 0. The molecule has 0 saturated carbocycles. The summed E-state index contributed by atoms with van der Waals surface area (Å²) in [5.74, 6) is 0. The van der Waals surface area contributed by atoms with Gasteiger partial charge in [0, 0.05) is 12.6 Å². The highest BCUT2D eigenvalue weighted by atomic mass is 15.1. The van der Waals surface area contributed by atoms with Crippen LogP contribution in [0.4, 0.5) is 0 Å². The average Bonchev–Trinajstić information content (AvgIpc) is 2.42. The third-order valence-electron chi connectivity index (χ3n) is 1.76. The molecule has 0 aromatic carbocycles. The number of likely N-dealkylation sites (N-methyl/N-ethyl adjacent to an activating group) is 1. The average molecular weight is 160 g/mol. The van der Waals surface area contributed by atoms with E-state index in [0.29, 0.717) is 0 Å². The van der Waals surface area contributed by atoms with Crippen molar-refractivity contribution in [3.8, 4) is 0 Å². The number of rotatable bonds is 1. The molecule has 0 amide bonds. The van der Waals surface area contributed by atoms with Crippen LogP contribution in [0.2, 0.25) is 0 Å². The SMILES string of the molecule is C.CC.CN(C)C1CCNC1. The number of hydrogen-bond donors (Lipinski definition) is 1. The van der Waals surface area contributed by atoms with E-state index < -0.39 is 0 Å². The molecule has 2 nitrogen and oxygen atoms in total. The van der Waals surface area contributed by atoms with Crippen molar-refractivity contribution < 1.29 is 0 Å². The quantitative estimate of drug-likeness (QED) is 0.626. The van der Waals surface area contributed by atoms with E-state index in [-0.39, 0.29) is 7.43 Å². The van der Waals surface area contributed by atoms with Crippen LogP contribution in [0.5, 0.6) is 0 Å². The predicted octanol–water partition coefficient (Wildman–Crippen LogP) is 1.57. The molecule has 0 bridgehead atoms. The van der Waals surface area contributed by atoms with Crippen molar-refractivity contribution in [2.45, 2.75) is 33.7 Å². The third kappa shape index (κ3) is 5.22. The topological polar surface area (TPSA) is 15.3 Å². The second-order valence-electron chi connectivity index (χ2n) is 2.61. The summed E-state index contributed by atoms with van der Waals surface area (Å²) in [5, 5.41) is 3.31. The Hall–Kier alpha value is -0.0800. The van der Waals surface area contributed by atoms with E-state index in [4.69, 9.17) is 0 Å². The number of hydrogen-bond acceptors (Lipinski definition) is 2. The Morgan fingerprint density at radius 2 is 1.82 bits per heavy atom. The van der Waals surface area contributed by atoms with Crippen LogP contribution in [0.15, 0.2) is 0 Å². The molecule has 0 spiro atoms. The Kier molecular flexibility index (Phi) is 9.85. The van der Waals surface area contributed by atoms with E-state index in [1.807, 2.05) is 13.8 Å². The summed E-state index contributed by atoms with van der Waals surface area (Å²) in [6, 6.07) is 0.787. The number of nitrogens with zero attached hydrogens (tertiary/aromatic N) is 1. The molecule has 1 rings (SSSR count). The molecular weight excluding hydrogens is 136 g/mol. The van der Waals surface area contributed by atoms with Crippen LogP contribution < -0.4 is 5.32 Å². The molecule has 1 atom stereocenters. The minimum atomic E-state index is 0. The van der Waals surface area contributed by atoms with Crippen LogP contribution in [0, 0.1) is 0 Å². The van der Waals surface area contributed by atoms with Crippen molar-refractivity contribution in [3.63, 3.8) is 0 Å². The largest absolute Gasteiger partial charge is 0.315 e. The molecule has 1 saturated heterocycles. The van der Waals surface area contributed by atoms with E-state index >= 15 is 0 Å². The molecule has 0 aromatic heterocycles. The predicted molar refractivity (Wildman–Crippen MR) is 53.0 cm³/mol. The van der Waals surface area contributed by atoms with Gasteiger partial charge in [-0.05, 0) is 27.1 Å². The fourth-order valence-corrected chi connectivity index (χ4v) is 1.08. The van der Waals surface area contributed by atoms with Gasteiger partial charge in [0.1, 0.15) is 0 Å². The normalized spacial score (nSPS) is 22.1. The molecule has 2 heteroatoms. The zero-order valence-corrected chi connectivity index (χ0v) is 7.65. The summed E-state index contributed by atoms with van der Waals surface area (Å²) in [6.07, 6.45) is 1.31. The molecule has 0 aromatic rings. The molecule has 1 aliphatic rings. The summed E-state index contributed by atoms with van der Waals surface area (Å²) < 4.78 is 0. The monoisotopic (exact) mass is 160 g/mol. The summed E-state index contributed by atoms with van der Waals surface area (Å²) in [5.41, 5.74) is 0. The second kappa shape index (κ2) is 8.02. The van der Waals surface area contributed by atoms with Crippen LogP contribution in [0.25, 0.3) is 0 Å². The van der Waals surface area contributed by atoms with E-state index in [2.05, 4.69) is 24.3 Å². The van der Waals surface area contributed by atoms with E-state index in [0.717, 1.165) is 6.04 Å². The Morgan fingerprint density at radius 1 is 1.27 bits per heavy atom. The Balaban J connectivity index is 0. The molecule has 70 valence electrons. The summed E-state index contributed by atoms with van der Waals surface area (Å²) in [6.45, 7) is 6.37. The van der Waals surface area contributed by atoms with Crippen LogP contribution >= 0.6 is 0 Å². The van der Waals surface area contributed by atoms with Crippen molar-refractivity contribution in [1.82, 2.24) is 10.2 Å². The molecule has 0 aliphatic carbocycles. The highest BCUT2D eigenvalue weighted by Crippen LogP contribution is 2.01. The highest BCUT2D eigenvalue weighted by molar-refractivity contribution is 4.76. The van der Waals surface area contributed by atoms with Gasteiger partial charge in [-0.3, -0.25) is 0 Å². The molecule has 0 radical (unpaired) electrons. The Morgan fingerprint density at radius 3 is 2.00 bits per heavy atom. The second-order valence-corrected chi connectivity index (χ2v) is 2.61. The molecule has 1 fully saturated rings. The van der Waals surface area contributed by atoms with Crippen molar-refractivity contribution in [2.75, 3.05) is 27.2 Å². The van der Waals surface area contributed by atoms with Gasteiger partial charge in [-0.1, -0.05) is 21.3 Å². The fourth-order valence-electron chi connectivity index (χ4n) is 1.08. The lowest BCUT2D eigenvalue weighted by Gasteiger charge is -2.16. The summed E-state index contributed by atoms with van der Waals surface area (Å²) in [7, 11) is 4.27. The minimum Gasteiger partial charge on any atom is -0.315 e. The van der Waals surface area contributed by atoms with Gasteiger partial charge in [-0.15, -0.1) is 0 Å². The van der Waals surface area contributed by atoms with Crippen molar-refractivity contribution >= 4 is 0 Å². The van der Waals surface area contributed by atoms with Gasteiger partial charge in [0.05, 0.1) is 0 Å². The van der Waals surface area contributed by atoms with E-state index in [9.17, 15) is 0 Å². The van der Waals surface area contributed by atoms with Gasteiger partial charge >= 0.3 is 0 Å². The van der Waals surface area contributed by atoms with Crippen LogP contribution in [0.3, 0.4) is 0 Å². The molecule has 1 unspecified atom stereocenters. The van der Waals surface area contributed by atoms with Crippen LogP contribution in [-0.2, 0) is 0 Å². The van der Waals surface area contributed by atoms with E-state index in [1.54, 1.807) is 0 Å². The van der Waals surface area contributed by atoms with Gasteiger partial charge in [0.25, 0.3) is 0 Å². The zero-order chi connectivity index (χ0) is 7.98. The zero-order valence-electron chi connectivity index (χ0n) is 7.65. The first-order chi connectivity index (χ1) is 4.80. The smallest absolute Gasteiger partial charge is 0.0226 e. The van der Waals surface area contributed by atoms with Crippen molar-refractivity contribution in [3.05, 3.63) is 0 Å².